The van der Waals surface area contributed by atoms with Crippen molar-refractivity contribution in [3.63, 3.8) is 0 Å². The summed E-state index contributed by atoms with van der Waals surface area (Å²) in [6.45, 7) is 2.59. The van der Waals surface area contributed by atoms with Crippen molar-refractivity contribution in [3.05, 3.63) is 71.8 Å². The normalized spacial score (nSPS) is 13.3. The van der Waals surface area contributed by atoms with Crippen molar-refractivity contribution in [2.75, 3.05) is 13.2 Å². The van der Waals surface area contributed by atoms with Crippen LogP contribution in [0.4, 0.5) is 0 Å². The number of esters is 1. The van der Waals surface area contributed by atoms with Crippen LogP contribution in [0.2, 0.25) is 0 Å². The van der Waals surface area contributed by atoms with Crippen LogP contribution in [-0.2, 0) is 16.0 Å². The van der Waals surface area contributed by atoms with Gasteiger partial charge in [0, 0.05) is 12.6 Å². The van der Waals surface area contributed by atoms with E-state index in [0.717, 1.165) is 11.1 Å². The van der Waals surface area contributed by atoms with Crippen LogP contribution in [-0.4, -0.2) is 25.2 Å². The fraction of sp³-hybridized carbons (Fsp3) is 0.316. The molecule has 0 amide bonds. The van der Waals surface area contributed by atoms with Crippen LogP contribution >= 0.6 is 0 Å². The maximum atomic E-state index is 12.3. The second-order valence-corrected chi connectivity index (χ2v) is 5.36. The highest BCUT2D eigenvalue weighted by molar-refractivity contribution is 5.76. The monoisotopic (exact) mass is 312 g/mol. The molecular weight excluding hydrogens is 288 g/mol. The first-order valence-corrected chi connectivity index (χ1v) is 7.96. The van der Waals surface area contributed by atoms with Crippen molar-refractivity contribution in [3.8, 4) is 0 Å². The van der Waals surface area contributed by atoms with Gasteiger partial charge in [0.05, 0.1) is 6.61 Å². The molecule has 0 aliphatic carbocycles. The molecule has 2 atom stereocenters. The molecule has 2 aromatic carbocycles. The molecule has 0 saturated heterocycles. The Kier molecular flexibility index (Phi) is 6.78. The summed E-state index contributed by atoms with van der Waals surface area (Å²) in [5, 5.41) is 3.35. The third-order valence-electron chi connectivity index (χ3n) is 3.69. The average molecular weight is 312 g/mol. The highest BCUT2D eigenvalue weighted by Crippen LogP contribution is 2.14. The number of hydrogen-bond donors (Lipinski definition) is 2. The number of ether oxygens (including phenoxy) is 1. The smallest absolute Gasteiger partial charge is 0.323 e. The van der Waals surface area contributed by atoms with E-state index in [1.807, 2.05) is 67.6 Å². The molecule has 0 fully saturated rings. The maximum absolute atomic E-state index is 12.3. The van der Waals surface area contributed by atoms with Gasteiger partial charge in [-0.1, -0.05) is 60.7 Å². The molecule has 0 bridgehead atoms. The van der Waals surface area contributed by atoms with E-state index < -0.39 is 6.04 Å². The lowest BCUT2D eigenvalue weighted by atomic mass is 10.0. The third-order valence-corrected chi connectivity index (χ3v) is 3.69. The van der Waals surface area contributed by atoms with E-state index in [2.05, 4.69) is 5.32 Å². The molecule has 2 aromatic rings. The van der Waals surface area contributed by atoms with Gasteiger partial charge in [-0.05, 0) is 24.5 Å². The van der Waals surface area contributed by atoms with Crippen LogP contribution in [0, 0.1) is 0 Å². The van der Waals surface area contributed by atoms with E-state index in [-0.39, 0.29) is 12.0 Å². The maximum Gasteiger partial charge on any atom is 0.323 e. The number of carbonyl (C=O) groups excluding carboxylic acids is 1. The largest absolute Gasteiger partial charge is 0.465 e. The van der Waals surface area contributed by atoms with Gasteiger partial charge < -0.3 is 10.5 Å². The Bertz CT molecular complexity index is 587. The summed E-state index contributed by atoms with van der Waals surface area (Å²) in [6.07, 6.45) is 0.572. The minimum absolute atomic E-state index is 0.0886. The highest BCUT2D eigenvalue weighted by Gasteiger charge is 2.23. The lowest BCUT2D eigenvalue weighted by molar-refractivity contribution is -0.145. The number of carbonyl (C=O) groups is 1. The van der Waals surface area contributed by atoms with Gasteiger partial charge in [0.1, 0.15) is 6.04 Å². The lowest BCUT2D eigenvalue weighted by Crippen LogP contribution is -2.44. The van der Waals surface area contributed by atoms with Crippen molar-refractivity contribution in [1.82, 2.24) is 5.32 Å². The Hall–Kier alpha value is -2.17. The molecule has 3 N–H and O–H groups in total. The molecule has 0 saturated carbocycles. The molecule has 4 heteroatoms. The molecule has 0 aromatic heterocycles. The molecule has 0 aliphatic heterocycles. The van der Waals surface area contributed by atoms with Crippen LogP contribution in [0.5, 0.6) is 0 Å². The molecule has 1 unspecified atom stereocenters. The van der Waals surface area contributed by atoms with E-state index in [1.54, 1.807) is 0 Å². The van der Waals surface area contributed by atoms with Crippen molar-refractivity contribution in [2.45, 2.75) is 25.4 Å². The van der Waals surface area contributed by atoms with E-state index in [9.17, 15) is 4.79 Å². The second-order valence-electron chi connectivity index (χ2n) is 5.36. The van der Waals surface area contributed by atoms with E-state index in [4.69, 9.17) is 10.5 Å². The first kappa shape index (κ1) is 17.2. The quantitative estimate of drug-likeness (QED) is 0.735. The van der Waals surface area contributed by atoms with Gasteiger partial charge in [0.2, 0.25) is 0 Å². The zero-order valence-corrected chi connectivity index (χ0v) is 13.4. The van der Waals surface area contributed by atoms with Gasteiger partial charge in [0.25, 0.3) is 0 Å². The first-order chi connectivity index (χ1) is 11.2. The van der Waals surface area contributed by atoms with Crippen LogP contribution in [0.1, 0.15) is 24.1 Å². The van der Waals surface area contributed by atoms with Crippen molar-refractivity contribution >= 4 is 5.97 Å². The minimum atomic E-state index is -0.425. The predicted molar refractivity (Wildman–Crippen MR) is 91.9 cm³/mol. The van der Waals surface area contributed by atoms with Gasteiger partial charge in [0.15, 0.2) is 0 Å². The van der Waals surface area contributed by atoms with Crippen molar-refractivity contribution in [2.24, 2.45) is 5.73 Å². The molecule has 122 valence electrons. The summed E-state index contributed by atoms with van der Waals surface area (Å²) in [6, 6.07) is 19.3. The molecule has 4 nitrogen and oxygen atoms in total. The number of nitrogens with one attached hydrogen (secondary N) is 1. The van der Waals surface area contributed by atoms with Crippen LogP contribution < -0.4 is 11.1 Å². The third kappa shape index (κ3) is 5.20. The summed E-state index contributed by atoms with van der Waals surface area (Å²) in [7, 11) is 0. The Morgan fingerprint density at radius 1 is 1.09 bits per heavy atom. The molecule has 0 heterocycles. The standard InChI is InChI=1S/C19H24N2O2/c1-2-23-19(22)17(13-15-9-5-3-6-10-15)21-18(14-20)16-11-7-4-8-12-16/h3-12,17-18,21H,2,13-14,20H2,1H3/t17-,18?/m0/s1. The van der Waals surface area contributed by atoms with Gasteiger partial charge in [-0.2, -0.15) is 0 Å². The summed E-state index contributed by atoms with van der Waals surface area (Å²) in [5.41, 5.74) is 8.06. The van der Waals surface area contributed by atoms with Crippen LogP contribution in [0.3, 0.4) is 0 Å². The van der Waals surface area contributed by atoms with Gasteiger partial charge >= 0.3 is 5.97 Å². The average Bonchev–Trinajstić information content (AvgIpc) is 2.60. The van der Waals surface area contributed by atoms with Crippen LogP contribution in [0.15, 0.2) is 60.7 Å². The topological polar surface area (TPSA) is 64.3 Å². The summed E-state index contributed by atoms with van der Waals surface area (Å²) >= 11 is 0. The minimum Gasteiger partial charge on any atom is -0.465 e. The van der Waals surface area contributed by atoms with Gasteiger partial charge in [-0.3, -0.25) is 10.1 Å². The summed E-state index contributed by atoms with van der Waals surface area (Å²) in [4.78, 5) is 12.3. The zero-order valence-electron chi connectivity index (χ0n) is 13.4. The Balaban J connectivity index is 2.14. The molecule has 0 aliphatic rings. The fourth-order valence-electron chi connectivity index (χ4n) is 2.53. The molecule has 2 rings (SSSR count). The number of nitrogens with two attached hydrogens (primary N) is 1. The second kappa shape index (κ2) is 9.08. The van der Waals surface area contributed by atoms with E-state index in [0.29, 0.717) is 19.6 Å². The first-order valence-electron chi connectivity index (χ1n) is 7.96. The molecule has 23 heavy (non-hydrogen) atoms. The van der Waals surface area contributed by atoms with E-state index in [1.165, 1.54) is 0 Å². The fourth-order valence-corrected chi connectivity index (χ4v) is 2.53. The van der Waals surface area contributed by atoms with Crippen molar-refractivity contribution in [1.29, 1.82) is 0 Å². The Morgan fingerprint density at radius 3 is 2.26 bits per heavy atom. The molecular formula is C19H24N2O2. The summed E-state index contributed by atoms with van der Waals surface area (Å²) < 4.78 is 5.22. The Labute approximate surface area is 137 Å². The zero-order chi connectivity index (χ0) is 16.5. The number of rotatable bonds is 8. The van der Waals surface area contributed by atoms with E-state index >= 15 is 0 Å². The van der Waals surface area contributed by atoms with Crippen molar-refractivity contribution < 1.29 is 9.53 Å². The summed E-state index contributed by atoms with van der Waals surface area (Å²) in [5.74, 6) is -0.245. The Morgan fingerprint density at radius 2 is 1.70 bits per heavy atom. The van der Waals surface area contributed by atoms with Crippen LogP contribution in [0.25, 0.3) is 0 Å². The predicted octanol–water partition coefficient (Wildman–Crippen LogP) is 2.45. The number of hydrogen-bond acceptors (Lipinski definition) is 4. The molecule has 0 spiro atoms. The lowest BCUT2D eigenvalue weighted by Gasteiger charge is -2.24. The molecule has 0 radical (unpaired) electrons. The highest BCUT2D eigenvalue weighted by atomic mass is 16.5. The number of benzene rings is 2. The van der Waals surface area contributed by atoms with Gasteiger partial charge in [-0.15, -0.1) is 0 Å². The van der Waals surface area contributed by atoms with Gasteiger partial charge in [-0.25, -0.2) is 0 Å². The SMILES string of the molecule is CCOC(=O)[C@H](Cc1ccccc1)NC(CN)c1ccccc1.